The number of aliphatic hydroxyl groups excluding tert-OH is 1. The second-order valence-corrected chi connectivity index (χ2v) is 25.6. The highest BCUT2D eigenvalue weighted by Crippen LogP contribution is 2.40. The first-order chi connectivity index (χ1) is 45.0. The Morgan fingerprint density at radius 2 is 0.871 bits per heavy atom. The monoisotopic (exact) mass is 1260 g/mol. The van der Waals surface area contributed by atoms with E-state index in [9.17, 15) is 9.59 Å². The first kappa shape index (κ1) is 70.2. The van der Waals surface area contributed by atoms with Crippen molar-refractivity contribution in [3.05, 3.63) is 137 Å². The summed E-state index contributed by atoms with van der Waals surface area (Å²) in [7, 11) is 0. The number of terminal acetylenes is 2. The van der Waals surface area contributed by atoms with Gasteiger partial charge in [0.05, 0.1) is 39.5 Å². The molecule has 5 aliphatic heterocycles. The van der Waals surface area contributed by atoms with E-state index in [2.05, 4.69) is 146 Å². The van der Waals surface area contributed by atoms with E-state index in [0.29, 0.717) is 57.3 Å². The van der Waals surface area contributed by atoms with Gasteiger partial charge in [-0.25, -0.2) is 9.59 Å². The topological polar surface area (TPSA) is 154 Å². The van der Waals surface area contributed by atoms with Crippen LogP contribution < -0.4 is 18.9 Å². The molecule has 4 aromatic carbocycles. The second kappa shape index (κ2) is 35.4. The van der Waals surface area contributed by atoms with Crippen LogP contribution in [0.15, 0.2) is 115 Å². The van der Waals surface area contributed by atoms with Crippen molar-refractivity contribution < 1.29 is 60.2 Å². The van der Waals surface area contributed by atoms with E-state index in [1.807, 2.05) is 79.1 Å². The molecule has 0 spiro atoms. The van der Waals surface area contributed by atoms with Crippen molar-refractivity contribution in [2.75, 3.05) is 65.9 Å². The highest BCUT2D eigenvalue weighted by atomic mass is 16.6. The summed E-state index contributed by atoms with van der Waals surface area (Å²) in [5.41, 5.74) is 7.16. The summed E-state index contributed by atoms with van der Waals surface area (Å²) in [6.07, 6.45) is 22.5. The van der Waals surface area contributed by atoms with E-state index < -0.39 is 0 Å². The Labute approximate surface area is 555 Å². The number of aliphatic hydroxyl groups is 1. The fourth-order valence-electron chi connectivity index (χ4n) is 11.7. The van der Waals surface area contributed by atoms with E-state index in [0.717, 1.165) is 94.2 Å². The minimum Gasteiger partial charge on any atom is -0.491 e. The van der Waals surface area contributed by atoms with Gasteiger partial charge in [-0.05, 0) is 201 Å². The minimum absolute atomic E-state index is 0. The number of benzene rings is 4. The normalized spacial score (nSPS) is 22.8. The number of cyclic esters (lactones) is 2. The molecule has 5 atom stereocenters. The Kier molecular flexibility index (Phi) is 26.7. The number of amides is 2. The maximum atomic E-state index is 13.1. The van der Waals surface area contributed by atoms with E-state index in [1.54, 1.807) is 12.2 Å². The highest BCUT2D eigenvalue weighted by Gasteiger charge is 2.41. The molecule has 7 fully saturated rings. The van der Waals surface area contributed by atoms with Gasteiger partial charge in [-0.15, -0.1) is 18.6 Å². The van der Waals surface area contributed by atoms with Crippen LogP contribution in [0, 0.1) is 89.8 Å². The zero-order chi connectivity index (χ0) is 66.0. The first-order valence-electron chi connectivity index (χ1n) is 32.7. The number of rotatable bonds is 21. The summed E-state index contributed by atoms with van der Waals surface area (Å²) in [6, 6.07) is 33.5. The highest BCUT2D eigenvalue weighted by molar-refractivity contribution is 5.71. The van der Waals surface area contributed by atoms with Gasteiger partial charge in [0.25, 0.3) is 0 Å². The van der Waals surface area contributed by atoms with Crippen LogP contribution >= 0.6 is 0 Å². The molecule has 14 heteroatoms. The number of nitrogens with zero attached hydrogens (tertiary/aromatic N) is 2. The van der Waals surface area contributed by atoms with Crippen LogP contribution in [-0.4, -0.2) is 136 Å². The Morgan fingerprint density at radius 3 is 1.17 bits per heavy atom. The molecule has 5 heterocycles. The van der Waals surface area contributed by atoms with Crippen molar-refractivity contribution in [1.29, 1.82) is 0 Å². The largest absolute Gasteiger partial charge is 0.491 e. The van der Waals surface area contributed by atoms with Crippen LogP contribution in [0.1, 0.15) is 131 Å². The third kappa shape index (κ3) is 22.9. The standard InChI is InChI=1S/C57H70N2O10.C10H6.C9H8.C3H6O2.2H2/c1-56(2,42-13-25-48(26-14-42)64-34-52-36-66-52)40-9-21-46(22-10-40)62-32-50-30-58(54(60)68-50)44-17-5-38(6-18-44)29-39-7-19-45(20-8-39)59-31-51(69-55(59)61)33-63-47-23-11-41(12-24-47)57(3,4)43-15-27-49(28-16-43)65-35-53-37-67-53;1-3-5-7-9-10-8-6-4-2;1-4-5-6-7-8-9(2)3;4-1-3-2-5-3;;/h9-16,21-28,38-39,44-45,50-53H,5-8,17-20,29-37H2,1-4H3;1,4,8H,2H3;1,9H,2-3H3;3-4H,1-2H2;2*1H. The second-order valence-electron chi connectivity index (χ2n) is 25.6. The number of epoxide rings is 3. The van der Waals surface area contributed by atoms with Crippen LogP contribution in [0.3, 0.4) is 0 Å². The van der Waals surface area contributed by atoms with Crippen LogP contribution in [0.5, 0.6) is 23.0 Å². The van der Waals surface area contributed by atoms with Gasteiger partial charge in [0.15, 0.2) is 12.2 Å². The lowest BCUT2D eigenvalue weighted by Gasteiger charge is -2.37. The van der Waals surface area contributed by atoms with Gasteiger partial charge in [0, 0.05) is 37.8 Å². The summed E-state index contributed by atoms with van der Waals surface area (Å²) in [5, 5.41) is 8.08. The Morgan fingerprint density at radius 1 is 0.527 bits per heavy atom. The number of hydrogen-bond donors (Lipinski definition) is 1. The van der Waals surface area contributed by atoms with Crippen LogP contribution in [0.25, 0.3) is 0 Å². The van der Waals surface area contributed by atoms with Crippen molar-refractivity contribution in [2.45, 2.75) is 160 Å². The molecule has 5 saturated heterocycles. The molecule has 2 saturated carbocycles. The zero-order valence-electron chi connectivity index (χ0n) is 55.1. The lowest BCUT2D eigenvalue weighted by Crippen LogP contribution is -2.40. The van der Waals surface area contributed by atoms with Gasteiger partial charge in [-0.1, -0.05) is 102 Å². The minimum atomic E-state index is -0.288. The molecule has 492 valence electrons. The molecule has 2 aliphatic carbocycles. The summed E-state index contributed by atoms with van der Waals surface area (Å²) in [4.78, 5) is 30.0. The van der Waals surface area contributed by atoms with Gasteiger partial charge in [0.2, 0.25) is 0 Å². The predicted molar refractivity (Wildman–Crippen MR) is 365 cm³/mol. The maximum absolute atomic E-state index is 13.1. The van der Waals surface area contributed by atoms with Gasteiger partial charge < -0.3 is 57.5 Å². The number of carbonyl (C=O) groups is 2. The molecule has 0 radical (unpaired) electrons. The SMILES string of the molecule is C#CC#CC#CC(C)C.C#CC#CC#CC=C=CC.CC(C)(c1ccc(OCC2CO2)cc1)c1ccc(OCC2CN(C3CCC(CC4CCC(N5CC(COc6ccc(C(C)(C)c7ccc(OCC8CO8)cc7)cc6)OC5=O)CC4)CC3)C(=O)O2)cc1.OCC1CO1.[HH].[HH]. The number of ether oxygens (including phenoxy) is 9. The lowest BCUT2D eigenvalue weighted by molar-refractivity contribution is 0.0978. The molecule has 5 unspecified atom stereocenters. The molecule has 0 aromatic heterocycles. The lowest BCUT2D eigenvalue weighted by atomic mass is 9.75. The van der Waals surface area contributed by atoms with Gasteiger partial charge in [0.1, 0.15) is 67.7 Å². The van der Waals surface area contributed by atoms with Gasteiger partial charge >= 0.3 is 12.2 Å². The molecule has 2 amide bonds. The third-order valence-electron chi connectivity index (χ3n) is 17.6. The van der Waals surface area contributed by atoms with Crippen molar-refractivity contribution in [3.63, 3.8) is 0 Å². The van der Waals surface area contributed by atoms with E-state index in [-0.39, 0.29) is 75.1 Å². The Bertz CT molecular complexity index is 3310. The Hall–Kier alpha value is -8.66. The molecule has 93 heavy (non-hydrogen) atoms. The number of allylic oxidation sites excluding steroid dienone is 1. The Balaban J connectivity index is 0.000000465. The van der Waals surface area contributed by atoms with Gasteiger partial charge in [-0.3, -0.25) is 0 Å². The molecular weight excluding hydrogens is 1170 g/mol. The molecule has 11 rings (SSSR count). The first-order valence-corrected chi connectivity index (χ1v) is 32.7. The van der Waals surface area contributed by atoms with Crippen LogP contribution in [-0.2, 0) is 34.5 Å². The van der Waals surface area contributed by atoms with Crippen molar-refractivity contribution in [2.24, 2.45) is 17.8 Å². The van der Waals surface area contributed by atoms with Gasteiger partial charge in [-0.2, -0.15) is 0 Å². The van der Waals surface area contributed by atoms with Crippen LogP contribution in [0.4, 0.5) is 9.59 Å². The fraction of sp³-hybridized carbons (Fsp3) is 0.481. The van der Waals surface area contributed by atoms with Crippen molar-refractivity contribution in [3.8, 4) is 95.0 Å². The number of carbonyl (C=O) groups excluding carboxylic acids is 2. The van der Waals surface area contributed by atoms with Crippen LogP contribution in [0.2, 0.25) is 0 Å². The van der Waals surface area contributed by atoms with Crippen molar-refractivity contribution in [1.82, 2.24) is 9.80 Å². The number of hydrogen-bond acceptors (Lipinski definition) is 12. The fourth-order valence-corrected chi connectivity index (χ4v) is 11.7. The average molecular weight is 1260 g/mol. The molecule has 0 bridgehead atoms. The molecule has 14 nitrogen and oxygen atoms in total. The maximum Gasteiger partial charge on any atom is 0.410 e. The molecule has 1 N–H and O–H groups in total. The zero-order valence-corrected chi connectivity index (χ0v) is 55.1. The summed E-state index contributed by atoms with van der Waals surface area (Å²) in [5.74, 6) is 29.7. The summed E-state index contributed by atoms with van der Waals surface area (Å²) < 4.78 is 50.7. The third-order valence-corrected chi connectivity index (χ3v) is 17.6. The summed E-state index contributed by atoms with van der Waals surface area (Å²) >= 11 is 0. The molecule has 4 aromatic rings. The van der Waals surface area contributed by atoms with Crippen molar-refractivity contribution >= 4 is 12.2 Å². The van der Waals surface area contributed by atoms with E-state index >= 15 is 0 Å². The molecular formula is C79H94N2O12. The van der Waals surface area contributed by atoms with E-state index in [4.69, 9.17) is 55.8 Å². The van der Waals surface area contributed by atoms with E-state index in [1.165, 1.54) is 28.7 Å². The quantitative estimate of drug-likeness (QED) is 0.0480. The molecule has 7 aliphatic rings. The summed E-state index contributed by atoms with van der Waals surface area (Å²) in [6.45, 7) is 20.3. The average Bonchev–Trinajstić information content (AvgIpc) is 1.75. The smallest absolute Gasteiger partial charge is 0.410 e. The predicted octanol–water partition coefficient (Wildman–Crippen LogP) is 13.0.